The predicted octanol–water partition coefficient (Wildman–Crippen LogP) is 2.59. The summed E-state index contributed by atoms with van der Waals surface area (Å²) in [5.41, 5.74) is 1.42. The molecule has 1 N–H and O–H groups in total. The van der Waals surface area contributed by atoms with Gasteiger partial charge in [0.25, 0.3) is 0 Å². The molecule has 28 heavy (non-hydrogen) atoms. The van der Waals surface area contributed by atoms with Crippen LogP contribution in [0.4, 0.5) is 16.2 Å². The van der Waals surface area contributed by atoms with E-state index in [1.54, 1.807) is 37.3 Å². The number of methoxy groups -OCH3 is 1. The Bertz CT molecular complexity index is 974. The number of rotatable bonds is 5. The van der Waals surface area contributed by atoms with Crippen molar-refractivity contribution in [2.45, 2.75) is 6.92 Å². The van der Waals surface area contributed by atoms with E-state index in [4.69, 9.17) is 16.3 Å². The summed E-state index contributed by atoms with van der Waals surface area (Å²) in [6.45, 7) is 1.17. The highest BCUT2D eigenvalue weighted by Gasteiger charge is 2.46. The molecule has 8 nitrogen and oxygen atoms in total. The van der Waals surface area contributed by atoms with Crippen molar-refractivity contribution in [3.8, 4) is 5.75 Å². The van der Waals surface area contributed by atoms with Gasteiger partial charge in [0.1, 0.15) is 12.3 Å². The van der Waals surface area contributed by atoms with Crippen LogP contribution in [0.3, 0.4) is 0 Å². The van der Waals surface area contributed by atoms with Gasteiger partial charge >= 0.3 is 17.8 Å². The molecule has 0 bridgehead atoms. The minimum atomic E-state index is -1.07. The van der Waals surface area contributed by atoms with Crippen molar-refractivity contribution in [2.75, 3.05) is 23.9 Å². The molecule has 1 aliphatic rings. The number of carbonyl (C=O) groups is 4. The second-order valence-corrected chi connectivity index (χ2v) is 6.46. The molecule has 0 unspecified atom stereocenters. The lowest BCUT2D eigenvalue weighted by Gasteiger charge is -2.16. The Morgan fingerprint density at radius 3 is 2.36 bits per heavy atom. The third kappa shape index (κ3) is 3.67. The molecule has 0 aliphatic carbocycles. The molecular formula is C19H16ClN3O5. The summed E-state index contributed by atoms with van der Waals surface area (Å²) < 4.78 is 5.03. The Hall–Kier alpha value is -3.39. The van der Waals surface area contributed by atoms with E-state index in [9.17, 15) is 19.2 Å². The van der Waals surface area contributed by atoms with E-state index in [2.05, 4.69) is 5.32 Å². The molecular weight excluding hydrogens is 386 g/mol. The van der Waals surface area contributed by atoms with Gasteiger partial charge < -0.3 is 10.1 Å². The molecule has 0 spiro atoms. The predicted molar refractivity (Wildman–Crippen MR) is 102 cm³/mol. The smallest absolute Gasteiger partial charge is 0.339 e. The molecule has 0 radical (unpaired) electrons. The van der Waals surface area contributed by atoms with E-state index in [-0.39, 0.29) is 5.69 Å². The minimum Gasteiger partial charge on any atom is -0.497 e. The standard InChI is InChI=1S/C19H16ClN3O5/c1-11-9-12(20)3-8-15(11)21-16(24)10-22-17(25)18(26)23(19(22)27)13-4-6-14(28-2)7-5-13/h3-9H,10H2,1-2H3,(H,21,24). The van der Waals surface area contributed by atoms with Crippen molar-refractivity contribution < 1.29 is 23.9 Å². The van der Waals surface area contributed by atoms with Crippen molar-refractivity contribution >= 4 is 46.7 Å². The number of aryl methyl sites for hydroxylation is 1. The lowest BCUT2D eigenvalue weighted by atomic mass is 10.2. The molecule has 2 aromatic carbocycles. The van der Waals surface area contributed by atoms with Gasteiger partial charge in [0.05, 0.1) is 12.8 Å². The van der Waals surface area contributed by atoms with E-state index in [1.807, 2.05) is 0 Å². The maximum absolute atomic E-state index is 12.6. The molecule has 144 valence electrons. The minimum absolute atomic E-state index is 0.209. The number of benzene rings is 2. The monoisotopic (exact) mass is 401 g/mol. The first-order chi connectivity index (χ1) is 13.3. The van der Waals surface area contributed by atoms with E-state index >= 15 is 0 Å². The van der Waals surface area contributed by atoms with E-state index in [0.717, 1.165) is 10.5 Å². The van der Waals surface area contributed by atoms with E-state index in [1.165, 1.54) is 19.2 Å². The van der Waals surface area contributed by atoms with Crippen LogP contribution in [0.15, 0.2) is 42.5 Å². The molecule has 1 fully saturated rings. The number of imide groups is 2. The van der Waals surface area contributed by atoms with Crippen LogP contribution >= 0.6 is 11.6 Å². The molecule has 0 saturated carbocycles. The van der Waals surface area contributed by atoms with Gasteiger partial charge in [0, 0.05) is 10.7 Å². The van der Waals surface area contributed by atoms with Crippen LogP contribution in [-0.2, 0) is 14.4 Å². The molecule has 5 amide bonds. The van der Waals surface area contributed by atoms with Crippen molar-refractivity contribution in [3.05, 3.63) is 53.1 Å². The van der Waals surface area contributed by atoms with Crippen LogP contribution in [0.5, 0.6) is 5.75 Å². The maximum Gasteiger partial charge on any atom is 0.339 e. The number of hydrogen-bond acceptors (Lipinski definition) is 5. The van der Waals surface area contributed by atoms with Crippen molar-refractivity contribution in [2.24, 2.45) is 0 Å². The maximum atomic E-state index is 12.6. The average Bonchev–Trinajstić information content (AvgIpc) is 2.87. The van der Waals surface area contributed by atoms with Crippen LogP contribution in [-0.4, -0.2) is 42.3 Å². The summed E-state index contributed by atoms with van der Waals surface area (Å²) in [5.74, 6) is -2.17. The van der Waals surface area contributed by atoms with Crippen LogP contribution < -0.4 is 15.0 Å². The fourth-order valence-corrected chi connectivity index (χ4v) is 2.93. The molecule has 1 heterocycles. The number of nitrogens with one attached hydrogen (secondary N) is 1. The Kier molecular flexibility index (Phi) is 5.32. The third-order valence-electron chi connectivity index (χ3n) is 4.15. The lowest BCUT2D eigenvalue weighted by molar-refractivity contribution is -0.140. The zero-order valence-electron chi connectivity index (χ0n) is 15.1. The number of ether oxygens (including phenoxy) is 1. The lowest BCUT2D eigenvalue weighted by Crippen LogP contribution is -2.39. The first kappa shape index (κ1) is 19.4. The van der Waals surface area contributed by atoms with Gasteiger partial charge in [-0.15, -0.1) is 0 Å². The number of halogens is 1. The first-order valence-electron chi connectivity index (χ1n) is 8.22. The van der Waals surface area contributed by atoms with E-state index < -0.39 is 30.3 Å². The second kappa shape index (κ2) is 7.69. The fourth-order valence-electron chi connectivity index (χ4n) is 2.70. The number of anilines is 2. The van der Waals surface area contributed by atoms with Gasteiger partial charge in [-0.25, -0.2) is 14.6 Å². The van der Waals surface area contributed by atoms with Crippen LogP contribution in [0.2, 0.25) is 5.02 Å². The van der Waals surface area contributed by atoms with Crippen LogP contribution in [0, 0.1) is 6.92 Å². The third-order valence-corrected chi connectivity index (χ3v) is 4.38. The normalized spacial score (nSPS) is 13.9. The Morgan fingerprint density at radius 2 is 1.75 bits per heavy atom. The first-order valence-corrected chi connectivity index (χ1v) is 8.59. The van der Waals surface area contributed by atoms with Crippen molar-refractivity contribution in [3.63, 3.8) is 0 Å². The summed E-state index contributed by atoms with van der Waals surface area (Å²) in [6.07, 6.45) is 0. The fraction of sp³-hybridized carbons (Fsp3) is 0.158. The quantitative estimate of drug-likeness (QED) is 0.613. The summed E-state index contributed by atoms with van der Waals surface area (Å²) in [7, 11) is 1.48. The summed E-state index contributed by atoms with van der Waals surface area (Å²) in [4.78, 5) is 50.6. The van der Waals surface area contributed by atoms with Gasteiger partial charge in [0.2, 0.25) is 5.91 Å². The number of nitrogens with zero attached hydrogens (tertiary/aromatic N) is 2. The number of hydrogen-bond donors (Lipinski definition) is 1. The summed E-state index contributed by atoms with van der Waals surface area (Å²) in [5, 5.41) is 3.11. The topological polar surface area (TPSA) is 96.0 Å². The van der Waals surface area contributed by atoms with Crippen molar-refractivity contribution in [1.29, 1.82) is 0 Å². The number of urea groups is 1. The molecule has 1 saturated heterocycles. The average molecular weight is 402 g/mol. The summed E-state index contributed by atoms with van der Waals surface area (Å²) >= 11 is 5.88. The zero-order chi connectivity index (χ0) is 20.4. The molecule has 0 atom stereocenters. The molecule has 0 aromatic heterocycles. The van der Waals surface area contributed by atoms with Gasteiger partial charge in [0.15, 0.2) is 0 Å². The molecule has 1 aliphatic heterocycles. The highest BCUT2D eigenvalue weighted by molar-refractivity contribution is 6.53. The molecule has 9 heteroatoms. The highest BCUT2D eigenvalue weighted by Crippen LogP contribution is 2.25. The van der Waals surface area contributed by atoms with Gasteiger partial charge in [-0.2, -0.15) is 0 Å². The van der Waals surface area contributed by atoms with Gasteiger partial charge in [-0.05, 0) is 55.0 Å². The largest absolute Gasteiger partial charge is 0.497 e. The van der Waals surface area contributed by atoms with Gasteiger partial charge in [-0.1, -0.05) is 11.6 Å². The van der Waals surface area contributed by atoms with Crippen LogP contribution in [0.25, 0.3) is 0 Å². The number of carbonyl (C=O) groups excluding carboxylic acids is 4. The van der Waals surface area contributed by atoms with Crippen molar-refractivity contribution in [1.82, 2.24) is 4.90 Å². The Morgan fingerprint density at radius 1 is 1.07 bits per heavy atom. The van der Waals surface area contributed by atoms with Crippen LogP contribution in [0.1, 0.15) is 5.56 Å². The zero-order valence-corrected chi connectivity index (χ0v) is 15.8. The number of amides is 5. The Balaban J connectivity index is 1.75. The highest BCUT2D eigenvalue weighted by atomic mass is 35.5. The molecule has 3 rings (SSSR count). The van der Waals surface area contributed by atoms with E-state index in [0.29, 0.717) is 21.4 Å². The molecule has 2 aromatic rings. The van der Waals surface area contributed by atoms with Gasteiger partial charge in [-0.3, -0.25) is 14.4 Å². The Labute approximate surface area is 165 Å². The SMILES string of the molecule is COc1ccc(N2C(=O)C(=O)N(CC(=O)Nc3ccc(Cl)cc3C)C2=O)cc1. The second-order valence-electron chi connectivity index (χ2n) is 6.02. The summed E-state index contributed by atoms with van der Waals surface area (Å²) in [6, 6.07) is 10.0.